The van der Waals surface area contributed by atoms with E-state index in [1.165, 1.54) is 221 Å². The first kappa shape index (κ1) is 42.2. The van der Waals surface area contributed by atoms with E-state index in [1.54, 1.807) is 16.7 Å². The predicted octanol–water partition coefficient (Wildman–Crippen LogP) is 16.6. The first-order chi connectivity index (χ1) is 21.7. The summed E-state index contributed by atoms with van der Waals surface area (Å²) in [7, 11) is 0. The first-order valence-electron chi connectivity index (χ1n) is 20.1. The maximum atomic E-state index is 4.03. The Morgan fingerprint density at radius 1 is 0.295 bits per heavy atom. The van der Waals surface area contributed by atoms with Crippen molar-refractivity contribution in [1.82, 2.24) is 0 Å². The Bertz CT molecular complexity index is 706. The summed E-state index contributed by atoms with van der Waals surface area (Å²) in [5.74, 6) is 0. The molecule has 1 aromatic rings. The van der Waals surface area contributed by atoms with Crippen LogP contribution >= 0.6 is 31.9 Å². The molecule has 0 unspecified atom stereocenters. The van der Waals surface area contributed by atoms with Crippen molar-refractivity contribution < 1.29 is 0 Å². The fraction of sp³-hybridized carbons (Fsp3) is 0.857. The average Bonchev–Trinajstić information content (AvgIpc) is 3.02. The van der Waals surface area contributed by atoms with Gasteiger partial charge < -0.3 is 0 Å². The van der Waals surface area contributed by atoms with Crippen LogP contribution in [0.4, 0.5) is 0 Å². The largest absolute Gasteiger partial charge is 0.0654 e. The van der Waals surface area contributed by atoms with Gasteiger partial charge in [0.05, 0.1) is 0 Å². The van der Waals surface area contributed by atoms with Gasteiger partial charge in [-0.1, -0.05) is 226 Å². The Balaban J connectivity index is 2.59. The van der Waals surface area contributed by atoms with Gasteiger partial charge in [-0.2, -0.15) is 0 Å². The van der Waals surface area contributed by atoms with E-state index in [4.69, 9.17) is 0 Å². The van der Waals surface area contributed by atoms with E-state index in [-0.39, 0.29) is 0 Å². The van der Waals surface area contributed by atoms with Crippen molar-refractivity contribution in [3.63, 3.8) is 0 Å². The lowest BCUT2D eigenvalue weighted by Gasteiger charge is -2.19. The highest BCUT2D eigenvalue weighted by Crippen LogP contribution is 2.35. The fourth-order valence-electron chi connectivity index (χ4n) is 6.97. The quantitative estimate of drug-likeness (QED) is 0.0630. The molecule has 0 aromatic heterocycles. The Morgan fingerprint density at radius 3 is 0.750 bits per heavy atom. The third kappa shape index (κ3) is 22.7. The van der Waals surface area contributed by atoms with Crippen LogP contribution in [-0.2, 0) is 19.3 Å². The number of hydrogen-bond acceptors (Lipinski definition) is 0. The summed E-state index contributed by atoms with van der Waals surface area (Å²) in [5.41, 5.74) is 4.99. The molecule has 2 heteroatoms. The summed E-state index contributed by atoms with van der Waals surface area (Å²) in [6.45, 7) is 6.94. The van der Waals surface area contributed by atoms with Crippen molar-refractivity contribution in [2.24, 2.45) is 0 Å². The molecule has 0 saturated heterocycles. The van der Waals surface area contributed by atoms with Gasteiger partial charge >= 0.3 is 0 Å². The molecule has 0 heterocycles. The molecule has 0 nitrogen and oxygen atoms in total. The zero-order chi connectivity index (χ0) is 31.9. The molecule has 0 radical (unpaired) electrons. The van der Waals surface area contributed by atoms with Crippen LogP contribution < -0.4 is 0 Å². The smallest absolute Gasteiger partial charge is 0.0221 e. The van der Waals surface area contributed by atoms with Gasteiger partial charge in [0.2, 0.25) is 0 Å². The van der Waals surface area contributed by atoms with E-state index in [0.717, 1.165) is 0 Å². The number of hydrogen-bond donors (Lipinski definition) is 0. The molecule has 0 aliphatic carbocycles. The van der Waals surface area contributed by atoms with Gasteiger partial charge in [0, 0.05) is 8.95 Å². The number of rotatable bonds is 33. The third-order valence-corrected chi connectivity index (χ3v) is 11.3. The highest BCUT2D eigenvalue weighted by atomic mass is 79.9. The van der Waals surface area contributed by atoms with Crippen molar-refractivity contribution in [1.29, 1.82) is 0 Å². The van der Waals surface area contributed by atoms with Gasteiger partial charge in [-0.05, 0) is 61.3 Å². The highest BCUT2D eigenvalue weighted by molar-refractivity contribution is 9.11. The van der Waals surface area contributed by atoms with Crippen LogP contribution in [0.25, 0.3) is 0 Å². The van der Waals surface area contributed by atoms with Crippen molar-refractivity contribution >= 4 is 31.9 Å². The maximum Gasteiger partial charge on any atom is 0.0221 e. The molecule has 44 heavy (non-hydrogen) atoms. The van der Waals surface area contributed by atoms with E-state index in [0.29, 0.717) is 0 Å². The summed E-state index contributed by atoms with van der Waals surface area (Å²) in [6, 6.07) is 2.39. The van der Waals surface area contributed by atoms with E-state index < -0.39 is 0 Å². The second-order valence-electron chi connectivity index (χ2n) is 14.1. The lowest BCUT2D eigenvalue weighted by molar-refractivity contribution is 0.550. The van der Waals surface area contributed by atoms with Crippen LogP contribution in [0.15, 0.2) is 15.0 Å². The van der Waals surface area contributed by atoms with Gasteiger partial charge in [-0.3, -0.25) is 0 Å². The van der Waals surface area contributed by atoms with Gasteiger partial charge in [0.25, 0.3) is 0 Å². The van der Waals surface area contributed by atoms with Crippen molar-refractivity contribution in [3.05, 3.63) is 31.7 Å². The summed E-state index contributed by atoms with van der Waals surface area (Å²) in [6.07, 6.45) is 46.2. The van der Waals surface area contributed by atoms with E-state index in [9.17, 15) is 0 Å². The second-order valence-corrected chi connectivity index (χ2v) is 15.8. The highest BCUT2D eigenvalue weighted by Gasteiger charge is 2.16. The van der Waals surface area contributed by atoms with Crippen LogP contribution in [0.5, 0.6) is 0 Å². The minimum atomic E-state index is 1.25. The Kier molecular flexibility index (Phi) is 30.5. The molecule has 1 aromatic carbocycles. The first-order valence-corrected chi connectivity index (χ1v) is 21.7. The Morgan fingerprint density at radius 2 is 0.500 bits per heavy atom. The molecule has 258 valence electrons. The third-order valence-electron chi connectivity index (χ3n) is 9.90. The lowest BCUT2D eigenvalue weighted by atomic mass is 9.90. The molecule has 0 N–H and O–H groups in total. The van der Waals surface area contributed by atoms with E-state index in [1.807, 2.05) is 0 Å². The summed E-state index contributed by atoms with van der Waals surface area (Å²) < 4.78 is 2.71. The zero-order valence-electron chi connectivity index (χ0n) is 30.2. The molecule has 0 aliphatic rings. The van der Waals surface area contributed by atoms with Crippen molar-refractivity contribution in [2.45, 2.75) is 233 Å². The molecule has 0 bridgehead atoms. The van der Waals surface area contributed by atoms with Gasteiger partial charge in [0.1, 0.15) is 0 Å². The minimum Gasteiger partial charge on any atom is -0.0654 e. The normalized spacial score (nSPS) is 11.6. The molecule has 0 aliphatic heterocycles. The molecular weight excluding hydrogens is 664 g/mol. The van der Waals surface area contributed by atoms with Crippen LogP contribution in [0.1, 0.15) is 230 Å². The molecule has 0 fully saturated rings. The SMILES string of the molecule is CCCCCCCCCCCCc1c(Br)cc(Br)c(CCCCCCCCCCCC)c1CCCCCCCCCCCC. The summed E-state index contributed by atoms with van der Waals surface area (Å²) in [4.78, 5) is 0. The maximum absolute atomic E-state index is 4.03. The monoisotopic (exact) mass is 738 g/mol. The molecule has 1 rings (SSSR count). The van der Waals surface area contributed by atoms with Gasteiger partial charge in [-0.25, -0.2) is 0 Å². The molecule has 0 amide bonds. The topological polar surface area (TPSA) is 0 Å². The molecular formula is C42H76Br2. The number of halogens is 2. The predicted molar refractivity (Wildman–Crippen MR) is 208 cm³/mol. The lowest BCUT2D eigenvalue weighted by Crippen LogP contribution is -2.05. The average molecular weight is 741 g/mol. The van der Waals surface area contributed by atoms with Gasteiger partial charge in [-0.15, -0.1) is 0 Å². The molecule has 0 spiro atoms. The summed E-state index contributed by atoms with van der Waals surface area (Å²) >= 11 is 8.06. The van der Waals surface area contributed by atoms with Crippen LogP contribution in [-0.4, -0.2) is 0 Å². The fourth-order valence-corrected chi connectivity index (χ4v) is 8.61. The van der Waals surface area contributed by atoms with Gasteiger partial charge in [0.15, 0.2) is 0 Å². The van der Waals surface area contributed by atoms with E-state index in [2.05, 4.69) is 58.7 Å². The zero-order valence-corrected chi connectivity index (χ0v) is 33.3. The van der Waals surface area contributed by atoms with Crippen LogP contribution in [0.2, 0.25) is 0 Å². The minimum absolute atomic E-state index is 1.25. The number of benzene rings is 1. The van der Waals surface area contributed by atoms with Crippen molar-refractivity contribution in [3.8, 4) is 0 Å². The standard InChI is InChI=1S/C42H76Br2/c1-4-7-10-13-16-19-22-25-28-31-34-38-39(35-32-29-26-23-20-17-14-11-8-5-2)41(43)37-42(44)40(38)36-33-30-27-24-21-18-15-12-9-6-3/h37H,4-36H2,1-3H3. The molecule has 0 saturated carbocycles. The van der Waals surface area contributed by atoms with Crippen LogP contribution in [0, 0.1) is 0 Å². The summed E-state index contributed by atoms with van der Waals surface area (Å²) in [5, 5.41) is 0. The van der Waals surface area contributed by atoms with Crippen molar-refractivity contribution in [2.75, 3.05) is 0 Å². The second kappa shape index (κ2) is 31.8. The molecule has 0 atom stereocenters. The Hall–Kier alpha value is 0.180. The Labute approximate surface area is 294 Å². The van der Waals surface area contributed by atoms with E-state index >= 15 is 0 Å². The van der Waals surface area contributed by atoms with Crippen LogP contribution in [0.3, 0.4) is 0 Å². The number of unbranched alkanes of at least 4 members (excludes halogenated alkanes) is 27.